The van der Waals surface area contributed by atoms with E-state index in [0.29, 0.717) is 12.3 Å². The molecule has 1 aliphatic rings. The molecule has 2 rings (SSSR count). The molecule has 4 heteroatoms. The third-order valence-electron chi connectivity index (χ3n) is 4.87. The number of halogens is 1. The van der Waals surface area contributed by atoms with Crippen LogP contribution in [0.15, 0.2) is 53.3 Å². The van der Waals surface area contributed by atoms with Crippen LogP contribution in [0, 0.1) is 0 Å². The molecule has 1 heterocycles. The summed E-state index contributed by atoms with van der Waals surface area (Å²) in [6.45, 7) is 8.49. The van der Waals surface area contributed by atoms with Gasteiger partial charge in [-0.05, 0) is 44.9 Å². The lowest BCUT2D eigenvalue weighted by Gasteiger charge is -2.18. The molecule has 0 radical (unpaired) electrons. The highest BCUT2D eigenvalue weighted by atomic mass is 19.1. The summed E-state index contributed by atoms with van der Waals surface area (Å²) >= 11 is 0. The highest BCUT2D eigenvalue weighted by Crippen LogP contribution is 2.31. The molecular weight excluding hydrogens is 337 g/mol. The second kappa shape index (κ2) is 10.8. The van der Waals surface area contributed by atoms with E-state index in [1.165, 1.54) is 24.6 Å². The molecule has 0 bridgehead atoms. The number of aliphatic imine (C=N–C) groups is 1. The highest BCUT2D eigenvalue weighted by Gasteiger charge is 2.20. The van der Waals surface area contributed by atoms with Crippen molar-refractivity contribution in [2.24, 2.45) is 4.99 Å². The first-order chi connectivity index (χ1) is 13.1. The Morgan fingerprint density at radius 3 is 2.85 bits per heavy atom. The zero-order valence-corrected chi connectivity index (χ0v) is 17.0. The third kappa shape index (κ3) is 5.88. The van der Waals surface area contributed by atoms with Crippen molar-refractivity contribution in [3.8, 4) is 0 Å². The Morgan fingerprint density at radius 1 is 1.33 bits per heavy atom. The fourth-order valence-electron chi connectivity index (χ4n) is 3.26. The Hall–Kier alpha value is -2.23. The van der Waals surface area contributed by atoms with E-state index in [1.807, 2.05) is 48.2 Å². The van der Waals surface area contributed by atoms with Gasteiger partial charge in [0, 0.05) is 29.8 Å². The molecule has 1 aromatic rings. The minimum Gasteiger partial charge on any atom is -0.267 e. The Labute approximate surface area is 163 Å². The Kier molecular flexibility index (Phi) is 8.43. The summed E-state index contributed by atoms with van der Waals surface area (Å²) in [6.07, 6.45) is 17.7. The second-order valence-corrected chi connectivity index (χ2v) is 6.94. The summed E-state index contributed by atoms with van der Waals surface area (Å²) < 4.78 is 15.6. The van der Waals surface area contributed by atoms with Gasteiger partial charge in [0.05, 0.1) is 5.69 Å². The topological polar surface area (TPSA) is 30.2 Å². The van der Waals surface area contributed by atoms with Crippen molar-refractivity contribution < 1.29 is 4.39 Å². The van der Waals surface area contributed by atoms with Crippen molar-refractivity contribution in [3.05, 3.63) is 59.7 Å². The van der Waals surface area contributed by atoms with Crippen molar-refractivity contribution in [2.45, 2.75) is 71.9 Å². The number of nitrogens with zero attached hydrogens (tertiary/aromatic N) is 3. The first-order valence-corrected chi connectivity index (χ1v) is 10.1. The molecule has 0 fully saturated rings. The second-order valence-electron chi connectivity index (χ2n) is 6.94. The zero-order chi connectivity index (χ0) is 19.6. The fraction of sp³-hybridized carbons (Fsp3) is 0.478. The number of allylic oxidation sites excluding steroid dienone is 8. The molecule has 2 atom stereocenters. The van der Waals surface area contributed by atoms with Crippen LogP contribution in [0.2, 0.25) is 0 Å². The van der Waals surface area contributed by atoms with Crippen molar-refractivity contribution in [2.75, 3.05) is 0 Å². The van der Waals surface area contributed by atoms with Crippen LogP contribution in [0.3, 0.4) is 0 Å². The number of rotatable bonds is 9. The minimum atomic E-state index is -0.125. The van der Waals surface area contributed by atoms with E-state index >= 15 is 0 Å². The standard InChI is InChI=1S/C23H32FN3/c1-5-8-11-19(7-3)23-17-22(20-12-10-13-21(24)15-14-20)26-27(23)18(4)25-16-9-6-2/h6,9-10,12,14-19H,5,7-8,11,13H2,1-4H3/b9-6-,25-16-. The van der Waals surface area contributed by atoms with Gasteiger partial charge in [0.2, 0.25) is 0 Å². The van der Waals surface area contributed by atoms with E-state index in [9.17, 15) is 4.39 Å². The molecule has 0 saturated carbocycles. The van der Waals surface area contributed by atoms with E-state index in [0.717, 1.165) is 24.1 Å². The average Bonchev–Trinajstić information content (AvgIpc) is 2.99. The maximum absolute atomic E-state index is 13.6. The Balaban J connectivity index is 2.44. The van der Waals surface area contributed by atoms with E-state index in [-0.39, 0.29) is 12.0 Å². The van der Waals surface area contributed by atoms with Crippen LogP contribution in [-0.4, -0.2) is 16.0 Å². The van der Waals surface area contributed by atoms with Gasteiger partial charge in [-0.15, -0.1) is 0 Å². The smallest absolute Gasteiger partial charge is 0.139 e. The van der Waals surface area contributed by atoms with Gasteiger partial charge >= 0.3 is 0 Å². The van der Waals surface area contributed by atoms with E-state index in [4.69, 9.17) is 5.10 Å². The monoisotopic (exact) mass is 369 g/mol. The molecular formula is C23H32FN3. The summed E-state index contributed by atoms with van der Waals surface area (Å²) in [4.78, 5) is 4.61. The third-order valence-corrected chi connectivity index (χ3v) is 4.87. The maximum Gasteiger partial charge on any atom is 0.139 e. The molecule has 3 nitrogen and oxygen atoms in total. The van der Waals surface area contributed by atoms with Crippen LogP contribution >= 0.6 is 0 Å². The van der Waals surface area contributed by atoms with Gasteiger partial charge in [-0.3, -0.25) is 4.99 Å². The number of aromatic nitrogens is 2. The zero-order valence-electron chi connectivity index (χ0n) is 17.0. The van der Waals surface area contributed by atoms with Gasteiger partial charge < -0.3 is 0 Å². The van der Waals surface area contributed by atoms with E-state index < -0.39 is 0 Å². The van der Waals surface area contributed by atoms with Crippen molar-refractivity contribution >= 4 is 11.8 Å². The van der Waals surface area contributed by atoms with Crippen LogP contribution in [0.1, 0.15) is 83.3 Å². The van der Waals surface area contributed by atoms with Crippen LogP contribution in [0.4, 0.5) is 4.39 Å². The normalized spacial score (nSPS) is 17.2. The van der Waals surface area contributed by atoms with E-state index in [1.54, 1.807) is 0 Å². The predicted octanol–water partition coefficient (Wildman–Crippen LogP) is 6.93. The predicted molar refractivity (Wildman–Crippen MR) is 114 cm³/mol. The largest absolute Gasteiger partial charge is 0.267 e. The molecule has 0 aromatic carbocycles. The molecule has 27 heavy (non-hydrogen) atoms. The molecule has 1 aliphatic carbocycles. The SMILES string of the molecule is C/C=C\C=N/C(C)n1nc(C2=CC=C(F)CC=C2)cc1C(CC)CCCC. The lowest BCUT2D eigenvalue weighted by atomic mass is 9.95. The first-order valence-electron chi connectivity index (χ1n) is 10.1. The molecule has 2 unspecified atom stereocenters. The van der Waals surface area contributed by atoms with Gasteiger partial charge in [0.15, 0.2) is 0 Å². The van der Waals surface area contributed by atoms with Gasteiger partial charge in [-0.1, -0.05) is 51.0 Å². The Morgan fingerprint density at radius 2 is 2.15 bits per heavy atom. The van der Waals surface area contributed by atoms with Gasteiger partial charge in [0.1, 0.15) is 12.0 Å². The number of hydrogen-bond acceptors (Lipinski definition) is 2. The van der Waals surface area contributed by atoms with Crippen molar-refractivity contribution in [1.82, 2.24) is 9.78 Å². The maximum atomic E-state index is 13.6. The first kappa shape index (κ1) is 21.1. The minimum absolute atomic E-state index is 0.0803. The molecule has 0 saturated heterocycles. The highest BCUT2D eigenvalue weighted by molar-refractivity contribution is 5.74. The fourth-order valence-corrected chi connectivity index (χ4v) is 3.26. The van der Waals surface area contributed by atoms with Gasteiger partial charge in [-0.25, -0.2) is 9.07 Å². The summed E-state index contributed by atoms with van der Waals surface area (Å²) in [7, 11) is 0. The van der Waals surface area contributed by atoms with Crippen molar-refractivity contribution in [1.29, 1.82) is 0 Å². The summed E-state index contributed by atoms with van der Waals surface area (Å²) in [5.41, 5.74) is 3.04. The molecule has 0 aliphatic heterocycles. The van der Waals surface area contributed by atoms with Crippen molar-refractivity contribution in [3.63, 3.8) is 0 Å². The number of hydrogen-bond donors (Lipinski definition) is 0. The van der Waals surface area contributed by atoms with Gasteiger partial charge in [0.25, 0.3) is 0 Å². The summed E-state index contributed by atoms with van der Waals surface area (Å²) in [5, 5.41) is 4.86. The van der Waals surface area contributed by atoms with Crippen LogP contribution in [0.5, 0.6) is 0 Å². The lowest BCUT2D eigenvalue weighted by molar-refractivity contribution is 0.449. The molecule has 1 aromatic heterocycles. The average molecular weight is 370 g/mol. The van der Waals surface area contributed by atoms with E-state index in [2.05, 4.69) is 31.8 Å². The lowest BCUT2D eigenvalue weighted by Crippen LogP contribution is -2.12. The number of unbranched alkanes of at least 4 members (excludes halogenated alkanes) is 1. The van der Waals surface area contributed by atoms with Crippen LogP contribution in [0.25, 0.3) is 5.57 Å². The summed E-state index contributed by atoms with van der Waals surface area (Å²) in [6, 6.07) is 2.17. The molecule has 0 amide bonds. The van der Waals surface area contributed by atoms with Gasteiger partial charge in [-0.2, -0.15) is 5.10 Å². The molecule has 146 valence electrons. The van der Waals surface area contributed by atoms with Crippen LogP contribution in [-0.2, 0) is 0 Å². The quantitative estimate of drug-likeness (QED) is 0.434. The molecule has 0 N–H and O–H groups in total. The Bertz CT molecular complexity index is 750. The summed E-state index contributed by atoms with van der Waals surface area (Å²) in [5.74, 6) is 0.327. The molecule has 0 spiro atoms. The van der Waals surface area contributed by atoms with Crippen LogP contribution < -0.4 is 0 Å².